The molecule has 1 atom stereocenters. The van der Waals surface area contributed by atoms with E-state index in [1.165, 1.54) is 38.5 Å². The van der Waals surface area contributed by atoms with Gasteiger partial charge in [-0.1, -0.05) is 13.8 Å². The zero-order valence-electron chi connectivity index (χ0n) is 13.3. The van der Waals surface area contributed by atoms with Gasteiger partial charge in [-0.2, -0.15) is 0 Å². The summed E-state index contributed by atoms with van der Waals surface area (Å²) in [7, 11) is 0. The molecule has 20 heavy (non-hydrogen) atoms. The van der Waals surface area contributed by atoms with Gasteiger partial charge in [0.25, 0.3) is 0 Å². The highest BCUT2D eigenvalue weighted by atomic mass is 16.3. The van der Waals surface area contributed by atoms with Crippen LogP contribution in [0, 0.1) is 17.8 Å². The molecule has 0 aliphatic heterocycles. The fraction of sp³-hybridized carbons (Fsp3) is 1.00. The van der Waals surface area contributed by atoms with Crippen LogP contribution >= 0.6 is 0 Å². The largest absolute Gasteiger partial charge is 0.390 e. The molecule has 0 heterocycles. The second kappa shape index (κ2) is 5.94. The van der Waals surface area contributed by atoms with Gasteiger partial charge in [0.1, 0.15) is 0 Å². The summed E-state index contributed by atoms with van der Waals surface area (Å²) in [4.78, 5) is 2.31. The molecule has 4 rings (SSSR count). The summed E-state index contributed by atoms with van der Waals surface area (Å²) < 4.78 is 0. The molecule has 0 aromatic heterocycles. The van der Waals surface area contributed by atoms with Crippen LogP contribution in [0.5, 0.6) is 0 Å². The number of rotatable bonds is 7. The van der Waals surface area contributed by atoms with Crippen LogP contribution in [-0.2, 0) is 0 Å². The van der Waals surface area contributed by atoms with Crippen LogP contribution in [0.3, 0.4) is 0 Å². The number of aliphatic hydroxyl groups is 1. The van der Waals surface area contributed by atoms with E-state index in [1.54, 1.807) is 0 Å². The molecule has 4 aliphatic carbocycles. The van der Waals surface area contributed by atoms with Gasteiger partial charge in [0.2, 0.25) is 0 Å². The van der Waals surface area contributed by atoms with Gasteiger partial charge in [-0.15, -0.1) is 0 Å². The Morgan fingerprint density at radius 2 is 1.55 bits per heavy atom. The van der Waals surface area contributed by atoms with Crippen LogP contribution in [0.25, 0.3) is 0 Å². The van der Waals surface area contributed by atoms with Crippen LogP contribution in [0.2, 0.25) is 0 Å². The smallest absolute Gasteiger partial charge is 0.0791 e. The molecule has 4 fully saturated rings. The Balaban J connectivity index is 1.50. The van der Waals surface area contributed by atoms with Crippen molar-refractivity contribution < 1.29 is 5.11 Å². The average Bonchev–Trinajstić information content (AvgIpc) is 2.41. The van der Waals surface area contributed by atoms with Crippen molar-refractivity contribution in [2.75, 3.05) is 26.2 Å². The second-order valence-corrected chi connectivity index (χ2v) is 7.72. The van der Waals surface area contributed by atoms with E-state index in [0.29, 0.717) is 5.54 Å². The number of nitrogens with zero attached hydrogens (tertiary/aromatic N) is 1. The minimum atomic E-state index is -0.220. The van der Waals surface area contributed by atoms with E-state index in [0.717, 1.165) is 43.9 Å². The summed E-state index contributed by atoms with van der Waals surface area (Å²) in [5, 5.41) is 14.1. The first-order valence-electron chi connectivity index (χ1n) is 8.78. The zero-order valence-corrected chi connectivity index (χ0v) is 13.3. The minimum absolute atomic E-state index is 0.220. The Morgan fingerprint density at radius 3 is 2.00 bits per heavy atom. The van der Waals surface area contributed by atoms with Crippen LogP contribution in [-0.4, -0.2) is 47.8 Å². The molecule has 3 heteroatoms. The van der Waals surface area contributed by atoms with Crippen molar-refractivity contribution in [1.29, 1.82) is 0 Å². The quantitative estimate of drug-likeness (QED) is 0.751. The van der Waals surface area contributed by atoms with Gasteiger partial charge >= 0.3 is 0 Å². The van der Waals surface area contributed by atoms with Crippen LogP contribution in [0.1, 0.15) is 52.4 Å². The first-order valence-corrected chi connectivity index (χ1v) is 8.78. The number of nitrogens with one attached hydrogen (secondary N) is 1. The number of aliphatic hydroxyl groups excluding tert-OH is 1. The average molecular weight is 280 g/mol. The lowest BCUT2D eigenvalue weighted by atomic mass is 9.53. The van der Waals surface area contributed by atoms with Gasteiger partial charge in [-0.05, 0) is 69.4 Å². The van der Waals surface area contributed by atoms with Crippen LogP contribution in [0.4, 0.5) is 0 Å². The number of hydrogen-bond donors (Lipinski definition) is 2. The second-order valence-electron chi connectivity index (χ2n) is 7.72. The van der Waals surface area contributed by atoms with E-state index in [4.69, 9.17) is 0 Å². The summed E-state index contributed by atoms with van der Waals surface area (Å²) >= 11 is 0. The highest BCUT2D eigenvalue weighted by molar-refractivity contribution is 5.06. The lowest BCUT2D eigenvalue weighted by Gasteiger charge is -2.57. The molecule has 3 nitrogen and oxygen atoms in total. The predicted octanol–water partition coefficient (Wildman–Crippen LogP) is 2.25. The molecule has 4 bridgehead atoms. The summed E-state index contributed by atoms with van der Waals surface area (Å²) in [6, 6.07) is 0. The van der Waals surface area contributed by atoms with Gasteiger partial charge in [0, 0.05) is 18.6 Å². The number of likely N-dealkylation sites (N-methyl/N-ethyl adjacent to an activating group) is 1. The molecule has 2 N–H and O–H groups in total. The highest BCUT2D eigenvalue weighted by Crippen LogP contribution is 2.55. The van der Waals surface area contributed by atoms with Crippen LogP contribution in [0.15, 0.2) is 0 Å². The van der Waals surface area contributed by atoms with Gasteiger partial charge in [0.05, 0.1) is 6.10 Å². The van der Waals surface area contributed by atoms with Crippen molar-refractivity contribution in [2.24, 2.45) is 17.8 Å². The molecule has 0 saturated heterocycles. The predicted molar refractivity (Wildman–Crippen MR) is 82.7 cm³/mol. The molecule has 0 amide bonds. The van der Waals surface area contributed by atoms with E-state index in [1.807, 2.05) is 0 Å². The van der Waals surface area contributed by atoms with Crippen molar-refractivity contribution in [3.05, 3.63) is 0 Å². The Bertz CT molecular complexity index is 292. The van der Waals surface area contributed by atoms with E-state index >= 15 is 0 Å². The lowest BCUT2D eigenvalue weighted by molar-refractivity contribution is -0.0260. The molecule has 4 saturated carbocycles. The Hall–Kier alpha value is -0.120. The molecule has 4 aliphatic rings. The van der Waals surface area contributed by atoms with Gasteiger partial charge in [0.15, 0.2) is 0 Å². The maximum Gasteiger partial charge on any atom is 0.0791 e. The zero-order chi connectivity index (χ0) is 14.2. The third-order valence-corrected chi connectivity index (χ3v) is 6.11. The van der Waals surface area contributed by atoms with Crippen molar-refractivity contribution >= 4 is 0 Å². The SMILES string of the molecule is CCN(CC)CC(O)CNC12CC3CC(CC(C3)C1)C2. The fourth-order valence-electron chi connectivity index (χ4n) is 5.51. The fourth-order valence-corrected chi connectivity index (χ4v) is 5.51. The molecule has 0 aromatic carbocycles. The van der Waals surface area contributed by atoms with Crippen molar-refractivity contribution in [2.45, 2.75) is 64.0 Å². The van der Waals surface area contributed by atoms with E-state index < -0.39 is 0 Å². The van der Waals surface area contributed by atoms with E-state index in [2.05, 4.69) is 24.1 Å². The Labute approximate surface area is 124 Å². The van der Waals surface area contributed by atoms with Crippen molar-refractivity contribution in [1.82, 2.24) is 10.2 Å². The topological polar surface area (TPSA) is 35.5 Å². The monoisotopic (exact) mass is 280 g/mol. The lowest BCUT2D eigenvalue weighted by Crippen LogP contribution is -2.60. The van der Waals surface area contributed by atoms with Gasteiger partial charge in [-0.25, -0.2) is 0 Å². The molecule has 0 spiro atoms. The Kier molecular flexibility index (Phi) is 4.40. The van der Waals surface area contributed by atoms with E-state index in [-0.39, 0.29) is 6.10 Å². The first-order chi connectivity index (χ1) is 9.62. The molecular weight excluding hydrogens is 248 g/mol. The van der Waals surface area contributed by atoms with Crippen molar-refractivity contribution in [3.63, 3.8) is 0 Å². The molecule has 1 unspecified atom stereocenters. The maximum atomic E-state index is 10.3. The summed E-state index contributed by atoms with van der Waals surface area (Å²) in [5.41, 5.74) is 0.388. The maximum absolute atomic E-state index is 10.3. The van der Waals surface area contributed by atoms with Crippen molar-refractivity contribution in [3.8, 4) is 0 Å². The van der Waals surface area contributed by atoms with E-state index in [9.17, 15) is 5.11 Å². The molecule has 0 radical (unpaired) electrons. The van der Waals surface area contributed by atoms with Crippen LogP contribution < -0.4 is 5.32 Å². The minimum Gasteiger partial charge on any atom is -0.390 e. The molecular formula is C17H32N2O. The molecule has 0 aromatic rings. The summed E-state index contributed by atoms with van der Waals surface area (Å²) in [6.07, 6.45) is 8.36. The standard InChI is InChI=1S/C17H32N2O/c1-3-19(4-2)12-16(20)11-18-17-8-13-5-14(9-17)7-15(6-13)10-17/h13-16,18,20H,3-12H2,1-2H3. The number of hydrogen-bond acceptors (Lipinski definition) is 3. The summed E-state index contributed by atoms with van der Waals surface area (Å²) in [6.45, 7) is 8.00. The normalized spacial score (nSPS) is 40.5. The number of β-amino-alcohol motifs (C(OH)–C–C–N with tert-alkyl or cyclic N) is 1. The third kappa shape index (κ3) is 3.05. The first kappa shape index (κ1) is 14.8. The third-order valence-electron chi connectivity index (χ3n) is 6.11. The van der Waals surface area contributed by atoms with Gasteiger partial charge < -0.3 is 15.3 Å². The Morgan fingerprint density at radius 1 is 1.05 bits per heavy atom. The highest BCUT2D eigenvalue weighted by Gasteiger charge is 2.50. The molecule has 116 valence electrons. The summed E-state index contributed by atoms with van der Waals surface area (Å²) in [5.74, 6) is 2.94. The van der Waals surface area contributed by atoms with Gasteiger partial charge in [-0.3, -0.25) is 0 Å².